The summed E-state index contributed by atoms with van der Waals surface area (Å²) < 4.78 is 7.30. The molecule has 0 aliphatic carbocycles. The fraction of sp³-hybridized carbons (Fsp3) is 0.500. The number of piperidine rings is 1. The monoisotopic (exact) mass is 383 g/mol. The maximum Gasteiger partial charge on any atom is 0.223 e. The molecule has 150 valence electrons. The van der Waals surface area contributed by atoms with Crippen molar-refractivity contribution < 1.29 is 14.3 Å². The summed E-state index contributed by atoms with van der Waals surface area (Å²) in [5, 5.41) is 0. The maximum atomic E-state index is 12.7. The van der Waals surface area contributed by atoms with Gasteiger partial charge in [0.25, 0.3) is 0 Å². The number of imidazole rings is 1. The quantitative estimate of drug-likeness (QED) is 0.682. The van der Waals surface area contributed by atoms with Gasteiger partial charge in [-0.2, -0.15) is 0 Å². The van der Waals surface area contributed by atoms with Gasteiger partial charge in [-0.15, -0.1) is 0 Å². The van der Waals surface area contributed by atoms with Crippen molar-refractivity contribution in [1.29, 1.82) is 0 Å². The molecule has 0 radical (unpaired) electrons. The van der Waals surface area contributed by atoms with Crippen LogP contribution in [0.2, 0.25) is 0 Å². The molecule has 28 heavy (non-hydrogen) atoms. The van der Waals surface area contributed by atoms with Crippen LogP contribution in [0.1, 0.15) is 67.7 Å². The summed E-state index contributed by atoms with van der Waals surface area (Å²) in [5.41, 5.74) is 0.615. The van der Waals surface area contributed by atoms with Crippen LogP contribution in [-0.4, -0.2) is 46.3 Å². The standard InChI is InChI=1S/C22H29N3O3/c1-16(2)25-14-12-23-22(25)18-5-4-13-24(15-18)21(27)11-10-20(26)17-6-8-19(28-3)9-7-17/h6-9,12,14,16,18H,4-5,10-11,13,15H2,1-3H3/t18-/m1/s1. The van der Waals surface area contributed by atoms with Crippen molar-refractivity contribution in [3.63, 3.8) is 0 Å². The number of carbonyl (C=O) groups is 2. The molecule has 6 heteroatoms. The van der Waals surface area contributed by atoms with Crippen LogP contribution < -0.4 is 4.74 Å². The van der Waals surface area contributed by atoms with E-state index in [0.717, 1.165) is 25.2 Å². The number of aromatic nitrogens is 2. The third-order valence-electron chi connectivity index (χ3n) is 5.37. The third-order valence-corrected chi connectivity index (χ3v) is 5.37. The molecule has 6 nitrogen and oxygen atoms in total. The van der Waals surface area contributed by atoms with Gasteiger partial charge in [0.2, 0.25) is 5.91 Å². The average molecular weight is 383 g/mol. The lowest BCUT2D eigenvalue weighted by molar-refractivity contribution is -0.132. The molecule has 0 saturated carbocycles. The minimum atomic E-state index is -0.0140. The molecule has 1 fully saturated rings. The van der Waals surface area contributed by atoms with E-state index in [1.807, 2.05) is 17.3 Å². The third kappa shape index (κ3) is 4.61. The lowest BCUT2D eigenvalue weighted by Crippen LogP contribution is -2.40. The summed E-state index contributed by atoms with van der Waals surface area (Å²) in [5.74, 6) is 2.06. The molecule has 0 N–H and O–H groups in total. The first-order valence-electron chi connectivity index (χ1n) is 9.97. The molecule has 3 rings (SSSR count). The summed E-state index contributed by atoms with van der Waals surface area (Å²) in [4.78, 5) is 31.5. The highest BCUT2D eigenvalue weighted by molar-refractivity contribution is 5.98. The van der Waals surface area contributed by atoms with Crippen LogP contribution in [-0.2, 0) is 4.79 Å². The van der Waals surface area contributed by atoms with Crippen molar-refractivity contribution >= 4 is 11.7 Å². The van der Waals surface area contributed by atoms with Gasteiger partial charge >= 0.3 is 0 Å². The van der Waals surface area contributed by atoms with E-state index in [-0.39, 0.29) is 30.4 Å². The molecule has 1 saturated heterocycles. The zero-order chi connectivity index (χ0) is 20.1. The Morgan fingerprint density at radius 2 is 1.96 bits per heavy atom. The van der Waals surface area contributed by atoms with Gasteiger partial charge in [-0.1, -0.05) is 0 Å². The molecule has 2 heterocycles. The first kappa shape index (κ1) is 20.1. The number of nitrogens with zero attached hydrogens (tertiary/aromatic N) is 3. The number of carbonyl (C=O) groups excluding carboxylic acids is 2. The van der Waals surface area contributed by atoms with E-state index in [4.69, 9.17) is 4.74 Å². The second-order valence-electron chi connectivity index (χ2n) is 7.62. The van der Waals surface area contributed by atoms with Crippen LogP contribution in [0.4, 0.5) is 0 Å². The number of benzene rings is 1. The number of Topliss-reactive ketones (excluding diaryl/α,β-unsaturated/α-hetero) is 1. The van der Waals surface area contributed by atoms with Gasteiger partial charge in [0, 0.05) is 55.8 Å². The lowest BCUT2D eigenvalue weighted by atomic mass is 9.96. The fourth-order valence-electron chi connectivity index (χ4n) is 3.79. The predicted molar refractivity (Wildman–Crippen MR) is 108 cm³/mol. The van der Waals surface area contributed by atoms with Crippen LogP contribution >= 0.6 is 0 Å². The van der Waals surface area contributed by atoms with E-state index >= 15 is 0 Å². The minimum absolute atomic E-state index is 0.0140. The number of ketones is 1. The Morgan fingerprint density at radius 3 is 2.64 bits per heavy atom. The van der Waals surface area contributed by atoms with Crippen molar-refractivity contribution in [2.24, 2.45) is 0 Å². The second kappa shape index (κ2) is 9.04. The van der Waals surface area contributed by atoms with Gasteiger partial charge < -0.3 is 14.2 Å². The Bertz CT molecular complexity index is 811. The van der Waals surface area contributed by atoms with E-state index in [1.165, 1.54) is 0 Å². The molecular weight excluding hydrogens is 354 g/mol. The largest absolute Gasteiger partial charge is 0.497 e. The smallest absolute Gasteiger partial charge is 0.223 e. The number of amides is 1. The van der Waals surface area contributed by atoms with Gasteiger partial charge in [-0.05, 0) is 51.0 Å². The van der Waals surface area contributed by atoms with Crippen molar-refractivity contribution in [2.45, 2.75) is 51.5 Å². The Balaban J connectivity index is 1.56. The molecule has 1 aromatic heterocycles. The normalized spacial score (nSPS) is 17.0. The molecule has 1 aliphatic rings. The molecule has 0 spiro atoms. The lowest BCUT2D eigenvalue weighted by Gasteiger charge is -2.33. The number of methoxy groups -OCH3 is 1. The highest BCUT2D eigenvalue weighted by atomic mass is 16.5. The number of rotatable bonds is 7. The van der Waals surface area contributed by atoms with Gasteiger partial charge in [0.15, 0.2) is 5.78 Å². The Kier molecular flexibility index (Phi) is 6.49. The zero-order valence-electron chi connectivity index (χ0n) is 16.9. The van der Waals surface area contributed by atoms with Crippen LogP contribution in [0.25, 0.3) is 0 Å². The SMILES string of the molecule is COc1ccc(C(=O)CCC(=O)N2CCC[C@@H](c3nccn3C(C)C)C2)cc1. The molecule has 0 unspecified atom stereocenters. The van der Waals surface area contributed by atoms with Crippen molar-refractivity contribution in [3.8, 4) is 5.75 Å². The number of hydrogen-bond acceptors (Lipinski definition) is 4. The summed E-state index contributed by atoms with van der Waals surface area (Å²) in [6.45, 7) is 5.72. The van der Waals surface area contributed by atoms with Crippen molar-refractivity contribution in [1.82, 2.24) is 14.5 Å². The van der Waals surface area contributed by atoms with Gasteiger partial charge in [-0.3, -0.25) is 9.59 Å². The number of hydrogen-bond donors (Lipinski definition) is 0. The molecule has 0 bridgehead atoms. The molecule has 1 aromatic carbocycles. The Hall–Kier alpha value is -2.63. The summed E-state index contributed by atoms with van der Waals surface area (Å²) >= 11 is 0. The average Bonchev–Trinajstić information content (AvgIpc) is 3.22. The zero-order valence-corrected chi connectivity index (χ0v) is 16.9. The van der Waals surface area contributed by atoms with Gasteiger partial charge in [0.05, 0.1) is 7.11 Å². The van der Waals surface area contributed by atoms with E-state index in [9.17, 15) is 9.59 Å². The predicted octanol–water partition coefficient (Wildman–Crippen LogP) is 3.84. The number of ether oxygens (including phenoxy) is 1. The maximum absolute atomic E-state index is 12.7. The Morgan fingerprint density at radius 1 is 1.21 bits per heavy atom. The highest BCUT2D eigenvalue weighted by Gasteiger charge is 2.28. The molecule has 1 aliphatic heterocycles. The summed E-state index contributed by atoms with van der Waals surface area (Å²) in [7, 11) is 1.59. The molecular formula is C22H29N3O3. The Labute approximate surface area is 166 Å². The van der Waals surface area contributed by atoms with Crippen LogP contribution in [0, 0.1) is 0 Å². The van der Waals surface area contributed by atoms with Crippen LogP contribution in [0.3, 0.4) is 0 Å². The highest BCUT2D eigenvalue weighted by Crippen LogP contribution is 2.28. The van der Waals surface area contributed by atoms with Gasteiger partial charge in [-0.25, -0.2) is 4.98 Å². The van der Waals surface area contributed by atoms with E-state index < -0.39 is 0 Å². The van der Waals surface area contributed by atoms with E-state index in [0.29, 0.717) is 23.9 Å². The minimum Gasteiger partial charge on any atom is -0.497 e. The van der Waals surface area contributed by atoms with Crippen molar-refractivity contribution in [3.05, 3.63) is 48.0 Å². The van der Waals surface area contributed by atoms with Crippen LogP contribution in [0.15, 0.2) is 36.7 Å². The van der Waals surface area contributed by atoms with E-state index in [1.54, 1.807) is 31.4 Å². The summed E-state index contributed by atoms with van der Waals surface area (Å²) in [6, 6.07) is 7.37. The van der Waals surface area contributed by atoms with E-state index in [2.05, 4.69) is 23.4 Å². The topological polar surface area (TPSA) is 64.4 Å². The second-order valence-corrected chi connectivity index (χ2v) is 7.62. The molecule has 2 aromatic rings. The first-order valence-corrected chi connectivity index (χ1v) is 9.97. The van der Waals surface area contributed by atoms with Gasteiger partial charge in [0.1, 0.15) is 11.6 Å². The van der Waals surface area contributed by atoms with Crippen LogP contribution in [0.5, 0.6) is 5.75 Å². The number of likely N-dealkylation sites (tertiary alicyclic amines) is 1. The first-order chi connectivity index (χ1) is 13.5. The van der Waals surface area contributed by atoms with Crippen molar-refractivity contribution in [2.75, 3.05) is 20.2 Å². The fourth-order valence-corrected chi connectivity index (χ4v) is 3.79. The molecule has 1 amide bonds. The summed E-state index contributed by atoms with van der Waals surface area (Å²) in [6.07, 6.45) is 6.33. The molecule has 1 atom stereocenters.